The first kappa shape index (κ1) is 32.1. The van der Waals surface area contributed by atoms with E-state index >= 15 is 0 Å². The minimum absolute atomic E-state index is 0.00830. The second kappa shape index (κ2) is 13.2. The van der Waals surface area contributed by atoms with Gasteiger partial charge in [-0.1, -0.05) is 36.4 Å². The molecule has 6 aromatic rings. The van der Waals surface area contributed by atoms with Gasteiger partial charge in [0.25, 0.3) is 11.5 Å². The van der Waals surface area contributed by atoms with Crippen LogP contribution in [0.15, 0.2) is 94.9 Å². The van der Waals surface area contributed by atoms with Crippen LogP contribution in [-0.4, -0.2) is 61.0 Å². The number of imidazole rings is 1. The van der Waals surface area contributed by atoms with Gasteiger partial charge in [0, 0.05) is 31.0 Å². The summed E-state index contributed by atoms with van der Waals surface area (Å²) in [6, 6.07) is 18.9. The molecule has 1 aliphatic carbocycles. The predicted octanol–water partition coefficient (Wildman–Crippen LogP) is 5.16. The number of halogens is 2. The number of pyridine rings is 2. The number of fused-ring (bicyclic) bond motifs is 2. The Hall–Kier alpha value is -5.49. The topological polar surface area (TPSA) is 107 Å². The first-order valence-corrected chi connectivity index (χ1v) is 16.3. The number of carbonyl (C=O) groups excluding carboxylic acids is 1. The average molecular weight is 664 g/mol. The maximum absolute atomic E-state index is 14.5. The molecule has 12 heteroatoms. The van der Waals surface area contributed by atoms with Crippen molar-refractivity contribution < 1.29 is 13.6 Å². The largest absolute Gasteiger partial charge is 0.348 e. The molecule has 0 aliphatic heterocycles. The third kappa shape index (κ3) is 6.51. The van der Waals surface area contributed by atoms with E-state index in [0.29, 0.717) is 37.0 Å². The molecule has 4 heterocycles. The number of hydrogen-bond acceptors (Lipinski definition) is 6. The molecule has 0 radical (unpaired) electrons. The van der Waals surface area contributed by atoms with Gasteiger partial charge in [-0.2, -0.15) is 0 Å². The Morgan fingerprint density at radius 2 is 1.69 bits per heavy atom. The summed E-state index contributed by atoms with van der Waals surface area (Å²) < 4.78 is 32.1. The summed E-state index contributed by atoms with van der Waals surface area (Å²) in [4.78, 5) is 51.6. The van der Waals surface area contributed by atoms with E-state index in [9.17, 15) is 23.2 Å². The van der Waals surface area contributed by atoms with E-state index in [-0.39, 0.29) is 28.7 Å². The van der Waals surface area contributed by atoms with E-state index in [4.69, 9.17) is 0 Å². The van der Waals surface area contributed by atoms with Crippen LogP contribution >= 0.6 is 0 Å². The number of rotatable bonds is 8. The number of hydrogen-bond donors (Lipinski definition) is 1. The lowest BCUT2D eigenvalue weighted by Gasteiger charge is -2.30. The molecule has 250 valence electrons. The monoisotopic (exact) mass is 663 g/mol. The first-order chi connectivity index (χ1) is 23.6. The SMILES string of the molecule is CN(C)CCc1ccc(-c2cccc(-n3c(=O)n(C4CCC(NC(=O)c5cn6cc(F)ccc6n5)CC4)c(=O)c4cc(F)cnc43)c2)cc1. The minimum Gasteiger partial charge on any atom is -0.348 e. The summed E-state index contributed by atoms with van der Waals surface area (Å²) in [5.41, 5.74) is 3.11. The molecule has 49 heavy (non-hydrogen) atoms. The van der Waals surface area contributed by atoms with Crippen molar-refractivity contribution in [1.29, 1.82) is 0 Å². The molecular formula is C37H35F2N7O3. The highest BCUT2D eigenvalue weighted by Gasteiger charge is 2.28. The minimum atomic E-state index is -0.675. The third-order valence-corrected chi connectivity index (χ3v) is 9.18. The number of carbonyl (C=O) groups is 1. The summed E-state index contributed by atoms with van der Waals surface area (Å²) in [7, 11) is 4.08. The van der Waals surface area contributed by atoms with Crippen molar-refractivity contribution in [3.8, 4) is 16.8 Å². The smallest absolute Gasteiger partial charge is 0.337 e. The van der Waals surface area contributed by atoms with E-state index in [2.05, 4.69) is 32.3 Å². The molecule has 0 bridgehead atoms. The summed E-state index contributed by atoms with van der Waals surface area (Å²) in [5, 5.41) is 2.99. The van der Waals surface area contributed by atoms with Crippen LogP contribution in [0.3, 0.4) is 0 Å². The molecule has 2 aromatic carbocycles. The highest BCUT2D eigenvalue weighted by Crippen LogP contribution is 2.28. The van der Waals surface area contributed by atoms with Crippen LogP contribution < -0.4 is 16.6 Å². The van der Waals surface area contributed by atoms with Gasteiger partial charge in [0.2, 0.25) is 0 Å². The van der Waals surface area contributed by atoms with Crippen molar-refractivity contribution in [3.63, 3.8) is 0 Å². The van der Waals surface area contributed by atoms with Gasteiger partial charge in [0.05, 0.1) is 17.3 Å². The van der Waals surface area contributed by atoms with Gasteiger partial charge < -0.3 is 14.6 Å². The lowest BCUT2D eigenvalue weighted by Crippen LogP contribution is -2.45. The molecule has 1 saturated carbocycles. The molecule has 1 fully saturated rings. The van der Waals surface area contributed by atoms with Gasteiger partial charge in [0.15, 0.2) is 5.65 Å². The zero-order valence-electron chi connectivity index (χ0n) is 27.1. The second-order valence-electron chi connectivity index (χ2n) is 12.8. The lowest BCUT2D eigenvalue weighted by molar-refractivity contribution is 0.0917. The fourth-order valence-electron chi connectivity index (χ4n) is 6.59. The Labute approximate surface area is 280 Å². The van der Waals surface area contributed by atoms with Crippen LogP contribution in [0.1, 0.15) is 47.8 Å². The Kier molecular flexibility index (Phi) is 8.64. The molecule has 1 aliphatic rings. The van der Waals surface area contributed by atoms with Gasteiger partial charge in [-0.25, -0.2) is 28.1 Å². The molecule has 10 nitrogen and oxygen atoms in total. The maximum atomic E-state index is 14.5. The fraction of sp³-hybridized carbons (Fsp3) is 0.270. The predicted molar refractivity (Wildman–Crippen MR) is 183 cm³/mol. The Balaban J connectivity index is 1.16. The second-order valence-corrected chi connectivity index (χ2v) is 12.8. The van der Waals surface area contributed by atoms with Crippen LogP contribution in [0.4, 0.5) is 8.78 Å². The van der Waals surface area contributed by atoms with Crippen LogP contribution in [0.25, 0.3) is 33.5 Å². The van der Waals surface area contributed by atoms with Gasteiger partial charge >= 0.3 is 5.69 Å². The van der Waals surface area contributed by atoms with Crippen molar-refractivity contribution in [1.82, 2.24) is 33.7 Å². The quantitative estimate of drug-likeness (QED) is 0.241. The van der Waals surface area contributed by atoms with Crippen LogP contribution in [-0.2, 0) is 6.42 Å². The number of benzene rings is 2. The number of nitrogens with one attached hydrogen (secondary N) is 1. The molecule has 1 N–H and O–H groups in total. The van der Waals surface area contributed by atoms with Crippen LogP contribution in [0, 0.1) is 11.6 Å². The molecule has 0 atom stereocenters. The van der Waals surface area contributed by atoms with Gasteiger partial charge in [-0.15, -0.1) is 0 Å². The Morgan fingerprint density at radius 1 is 0.918 bits per heavy atom. The Morgan fingerprint density at radius 3 is 2.45 bits per heavy atom. The average Bonchev–Trinajstić information content (AvgIpc) is 3.52. The molecule has 1 amide bonds. The summed E-state index contributed by atoms with van der Waals surface area (Å²) in [6.45, 7) is 0.941. The van der Waals surface area contributed by atoms with Crippen molar-refractivity contribution in [2.45, 2.75) is 44.2 Å². The van der Waals surface area contributed by atoms with Gasteiger partial charge in [0.1, 0.15) is 23.0 Å². The number of amides is 1. The van der Waals surface area contributed by atoms with Crippen molar-refractivity contribution in [2.75, 3.05) is 20.6 Å². The zero-order chi connectivity index (χ0) is 34.2. The summed E-state index contributed by atoms with van der Waals surface area (Å²) >= 11 is 0. The lowest BCUT2D eigenvalue weighted by atomic mass is 9.90. The van der Waals surface area contributed by atoms with Crippen molar-refractivity contribution in [2.24, 2.45) is 0 Å². The van der Waals surface area contributed by atoms with Gasteiger partial charge in [-0.3, -0.25) is 14.2 Å². The van der Waals surface area contributed by atoms with Crippen LogP contribution in [0.2, 0.25) is 0 Å². The van der Waals surface area contributed by atoms with E-state index in [1.807, 2.05) is 44.4 Å². The number of nitrogens with zero attached hydrogens (tertiary/aromatic N) is 6. The standard InChI is InChI=1S/C37H35F2N7O3/c1-43(2)17-16-23-6-8-24(9-7-23)25-4-3-5-30(18-25)45-34-31(19-27(39)20-40-34)36(48)46(37(45)49)29-13-11-28(12-14-29)41-35(47)32-22-44-21-26(38)10-15-33(44)42-32/h3-10,15,18-22,28-29H,11-14,16-17H2,1-2H3,(H,41,47). The zero-order valence-corrected chi connectivity index (χ0v) is 27.1. The van der Waals surface area contributed by atoms with E-state index < -0.39 is 28.9 Å². The normalized spacial score (nSPS) is 16.4. The molecule has 4 aromatic heterocycles. The number of likely N-dealkylation sites (N-methyl/N-ethyl adjacent to an activating group) is 1. The van der Waals surface area contributed by atoms with Crippen molar-refractivity contribution >= 4 is 22.6 Å². The number of aromatic nitrogens is 5. The fourth-order valence-corrected chi connectivity index (χ4v) is 6.59. The molecule has 0 spiro atoms. The third-order valence-electron chi connectivity index (χ3n) is 9.18. The maximum Gasteiger partial charge on any atom is 0.337 e. The van der Waals surface area contributed by atoms with Gasteiger partial charge in [-0.05, 0) is 93.2 Å². The first-order valence-electron chi connectivity index (χ1n) is 16.3. The summed E-state index contributed by atoms with van der Waals surface area (Å²) in [6.07, 6.45) is 6.53. The van der Waals surface area contributed by atoms with E-state index in [1.165, 1.54) is 43.6 Å². The van der Waals surface area contributed by atoms with E-state index in [0.717, 1.165) is 36.4 Å². The molecular weight excluding hydrogens is 628 g/mol. The summed E-state index contributed by atoms with van der Waals surface area (Å²) in [5.74, 6) is -1.50. The highest BCUT2D eigenvalue weighted by molar-refractivity contribution is 5.93. The van der Waals surface area contributed by atoms with Crippen molar-refractivity contribution in [3.05, 3.63) is 129 Å². The molecule has 7 rings (SSSR count). The van der Waals surface area contributed by atoms with Crippen LogP contribution in [0.5, 0.6) is 0 Å². The molecule has 0 saturated heterocycles. The highest BCUT2D eigenvalue weighted by atomic mass is 19.1. The van der Waals surface area contributed by atoms with E-state index in [1.54, 1.807) is 6.07 Å². The molecule has 0 unspecified atom stereocenters. The Bertz CT molecular complexity index is 2300.